The largest absolute Gasteiger partial charge is 0.198 e. The van der Waals surface area contributed by atoms with E-state index >= 15 is 0 Å². The molecule has 0 radical (unpaired) electrons. The van der Waals surface area contributed by atoms with Gasteiger partial charge in [-0.15, -0.1) is 0 Å². The van der Waals surface area contributed by atoms with Crippen LogP contribution in [0.15, 0.2) is 0 Å². The predicted octanol–water partition coefficient (Wildman–Crippen LogP) is 4.21. The molecule has 0 spiro atoms. The Bertz CT molecular complexity index is 362. The summed E-state index contributed by atoms with van der Waals surface area (Å²) in [5.74, 6) is -0.392. The Kier molecular flexibility index (Phi) is 12.0. The topological polar surface area (TPSA) is 95.2 Å². The highest BCUT2D eigenvalue weighted by atomic mass is 14.3. The van der Waals surface area contributed by atoms with E-state index in [1.807, 2.05) is 0 Å². The van der Waals surface area contributed by atoms with Gasteiger partial charge in [-0.1, -0.05) is 25.7 Å². The molecule has 2 atom stereocenters. The highest BCUT2D eigenvalue weighted by molar-refractivity contribution is 4.97. The zero-order chi connectivity index (χ0) is 15.1. The van der Waals surface area contributed by atoms with Crippen molar-refractivity contribution < 1.29 is 0 Å². The van der Waals surface area contributed by atoms with E-state index < -0.39 is 0 Å². The van der Waals surface area contributed by atoms with Gasteiger partial charge >= 0.3 is 0 Å². The third-order valence-corrected chi connectivity index (χ3v) is 3.42. The number of hydrogen-bond acceptors (Lipinski definition) is 4. The maximum atomic E-state index is 9.17. The summed E-state index contributed by atoms with van der Waals surface area (Å²) >= 11 is 0. The normalized spacial score (nSPS) is 12.4. The SMILES string of the molecule is N#CCCCCC[C@@H](C#N)[C@H](C#N)CCCCCC#N. The lowest BCUT2D eigenvalue weighted by atomic mass is 9.86. The first-order chi connectivity index (χ1) is 9.79. The van der Waals surface area contributed by atoms with Crippen LogP contribution in [0.2, 0.25) is 0 Å². The van der Waals surface area contributed by atoms with E-state index in [0.717, 1.165) is 51.4 Å². The molecule has 0 amide bonds. The Morgan fingerprint density at radius 1 is 0.550 bits per heavy atom. The molecule has 0 saturated carbocycles. The molecule has 0 rings (SSSR count). The molecule has 4 nitrogen and oxygen atoms in total. The molecule has 20 heavy (non-hydrogen) atoms. The van der Waals surface area contributed by atoms with Crippen LogP contribution >= 0.6 is 0 Å². The summed E-state index contributed by atoms with van der Waals surface area (Å²) in [4.78, 5) is 0. The van der Waals surface area contributed by atoms with Crippen LogP contribution in [-0.2, 0) is 0 Å². The summed E-state index contributed by atoms with van der Waals surface area (Å²) in [5.41, 5.74) is 0. The van der Waals surface area contributed by atoms with Crippen LogP contribution in [-0.4, -0.2) is 0 Å². The highest BCUT2D eigenvalue weighted by Gasteiger charge is 2.20. The Balaban J connectivity index is 3.93. The van der Waals surface area contributed by atoms with Crippen LogP contribution in [0.25, 0.3) is 0 Å². The Morgan fingerprint density at radius 2 is 0.950 bits per heavy atom. The van der Waals surface area contributed by atoms with Gasteiger partial charge in [-0.05, 0) is 25.7 Å². The maximum absolute atomic E-state index is 9.17. The fourth-order valence-corrected chi connectivity index (χ4v) is 2.20. The van der Waals surface area contributed by atoms with Crippen molar-refractivity contribution in [2.75, 3.05) is 0 Å². The van der Waals surface area contributed by atoms with Crippen LogP contribution in [0.5, 0.6) is 0 Å². The van der Waals surface area contributed by atoms with Crippen LogP contribution in [0.4, 0.5) is 0 Å². The van der Waals surface area contributed by atoms with Crippen LogP contribution in [0.3, 0.4) is 0 Å². The molecular formula is C16H22N4. The summed E-state index contributed by atoms with van der Waals surface area (Å²) in [6.07, 6.45) is 8.10. The molecule has 0 aromatic heterocycles. The van der Waals surface area contributed by atoms with Crippen LogP contribution < -0.4 is 0 Å². The molecule has 0 aromatic rings. The van der Waals surface area contributed by atoms with Crippen molar-refractivity contribution in [3.63, 3.8) is 0 Å². The van der Waals surface area contributed by atoms with E-state index in [0.29, 0.717) is 12.8 Å². The number of hydrogen-bond donors (Lipinski definition) is 0. The van der Waals surface area contributed by atoms with E-state index in [2.05, 4.69) is 24.3 Å². The van der Waals surface area contributed by atoms with E-state index in [4.69, 9.17) is 10.5 Å². The maximum Gasteiger partial charge on any atom is 0.0669 e. The first kappa shape index (κ1) is 18.0. The quantitative estimate of drug-likeness (QED) is 0.525. The van der Waals surface area contributed by atoms with Crippen molar-refractivity contribution in [2.45, 2.75) is 64.2 Å². The van der Waals surface area contributed by atoms with Crippen molar-refractivity contribution in [3.05, 3.63) is 0 Å². The zero-order valence-corrected chi connectivity index (χ0v) is 12.0. The molecule has 0 bridgehead atoms. The summed E-state index contributed by atoms with van der Waals surface area (Å²) in [5, 5.41) is 35.2. The predicted molar refractivity (Wildman–Crippen MR) is 75.6 cm³/mol. The average Bonchev–Trinajstić information content (AvgIpc) is 2.48. The van der Waals surface area contributed by atoms with Gasteiger partial charge in [0.25, 0.3) is 0 Å². The summed E-state index contributed by atoms with van der Waals surface area (Å²) in [6.45, 7) is 0. The van der Waals surface area contributed by atoms with Gasteiger partial charge < -0.3 is 0 Å². The first-order valence-electron chi connectivity index (χ1n) is 7.33. The molecule has 0 unspecified atom stereocenters. The van der Waals surface area contributed by atoms with E-state index in [1.54, 1.807) is 0 Å². The molecular weight excluding hydrogens is 248 g/mol. The second kappa shape index (κ2) is 13.4. The molecule has 0 N–H and O–H groups in total. The molecule has 0 aliphatic heterocycles. The molecule has 106 valence electrons. The molecule has 0 aromatic carbocycles. The third-order valence-electron chi connectivity index (χ3n) is 3.42. The Hall–Kier alpha value is -2.04. The van der Waals surface area contributed by atoms with Crippen molar-refractivity contribution in [1.29, 1.82) is 21.0 Å². The second-order valence-electron chi connectivity index (χ2n) is 4.99. The van der Waals surface area contributed by atoms with Crippen molar-refractivity contribution >= 4 is 0 Å². The fraction of sp³-hybridized carbons (Fsp3) is 0.750. The lowest BCUT2D eigenvalue weighted by Crippen LogP contribution is -2.11. The number of nitrogens with zero attached hydrogens (tertiary/aromatic N) is 4. The van der Waals surface area contributed by atoms with Gasteiger partial charge in [0, 0.05) is 12.8 Å². The molecule has 0 aliphatic carbocycles. The van der Waals surface area contributed by atoms with Crippen molar-refractivity contribution in [1.82, 2.24) is 0 Å². The summed E-state index contributed by atoms with van der Waals surface area (Å²) in [7, 11) is 0. The molecule has 4 heteroatoms. The summed E-state index contributed by atoms with van der Waals surface area (Å²) < 4.78 is 0. The Morgan fingerprint density at radius 3 is 1.25 bits per heavy atom. The van der Waals surface area contributed by atoms with Crippen LogP contribution in [0.1, 0.15) is 64.2 Å². The van der Waals surface area contributed by atoms with Crippen LogP contribution in [0, 0.1) is 57.2 Å². The summed E-state index contributed by atoms with van der Waals surface area (Å²) in [6, 6.07) is 8.73. The zero-order valence-electron chi connectivity index (χ0n) is 12.0. The fourth-order valence-electron chi connectivity index (χ4n) is 2.20. The van der Waals surface area contributed by atoms with Gasteiger partial charge in [0.15, 0.2) is 0 Å². The average molecular weight is 270 g/mol. The van der Waals surface area contributed by atoms with E-state index in [-0.39, 0.29) is 11.8 Å². The molecule has 0 aliphatic rings. The Labute approximate surface area is 122 Å². The van der Waals surface area contributed by atoms with Gasteiger partial charge in [-0.3, -0.25) is 0 Å². The molecule has 0 fully saturated rings. The van der Waals surface area contributed by atoms with Crippen molar-refractivity contribution in [3.8, 4) is 24.3 Å². The molecule has 0 heterocycles. The van der Waals surface area contributed by atoms with Crippen molar-refractivity contribution in [2.24, 2.45) is 11.8 Å². The van der Waals surface area contributed by atoms with Gasteiger partial charge in [-0.25, -0.2) is 0 Å². The third kappa shape index (κ3) is 8.97. The highest BCUT2D eigenvalue weighted by Crippen LogP contribution is 2.23. The number of nitriles is 4. The van der Waals surface area contributed by atoms with Gasteiger partial charge in [0.1, 0.15) is 0 Å². The first-order valence-corrected chi connectivity index (χ1v) is 7.33. The minimum absolute atomic E-state index is 0.196. The number of rotatable bonds is 11. The van der Waals surface area contributed by atoms with Gasteiger partial charge in [0.05, 0.1) is 36.1 Å². The lowest BCUT2D eigenvalue weighted by Gasteiger charge is -2.14. The smallest absolute Gasteiger partial charge is 0.0669 e. The lowest BCUT2D eigenvalue weighted by molar-refractivity contribution is 0.405. The monoisotopic (exact) mass is 270 g/mol. The minimum atomic E-state index is -0.196. The van der Waals surface area contributed by atoms with Gasteiger partial charge in [0.2, 0.25) is 0 Å². The van der Waals surface area contributed by atoms with E-state index in [1.165, 1.54) is 0 Å². The van der Waals surface area contributed by atoms with E-state index in [9.17, 15) is 10.5 Å². The molecule has 0 saturated heterocycles. The second-order valence-corrected chi connectivity index (χ2v) is 4.99. The minimum Gasteiger partial charge on any atom is -0.198 e. The number of unbranched alkanes of at least 4 members (excludes halogenated alkanes) is 6. The van der Waals surface area contributed by atoms with Gasteiger partial charge in [-0.2, -0.15) is 21.0 Å². The standard InChI is InChI=1S/C16H22N4/c17-11-7-3-1-5-9-15(13-19)16(14-20)10-6-2-4-8-12-18/h15-16H,1-10H2/t15-,16-/m0/s1.